The van der Waals surface area contributed by atoms with Crippen LogP contribution in [0.5, 0.6) is 0 Å². The third-order valence-electron chi connectivity index (χ3n) is 3.12. The van der Waals surface area contributed by atoms with Gasteiger partial charge in [0.25, 0.3) is 0 Å². The molecule has 2 heteroatoms. The second-order valence-corrected chi connectivity index (χ2v) is 5.36. The van der Waals surface area contributed by atoms with Crippen LogP contribution in [-0.4, -0.2) is 5.91 Å². The number of rotatable bonds is 11. The van der Waals surface area contributed by atoms with Crippen molar-refractivity contribution in [1.82, 2.24) is 0 Å². The molecule has 0 saturated carbocycles. The predicted molar refractivity (Wildman–Crippen MR) is 74.7 cm³/mol. The van der Waals surface area contributed by atoms with Crippen LogP contribution in [0.15, 0.2) is 12.7 Å². The minimum Gasteiger partial charge on any atom is -0.369 e. The zero-order valence-electron chi connectivity index (χ0n) is 11.6. The van der Waals surface area contributed by atoms with Crippen LogP contribution in [0.4, 0.5) is 0 Å². The monoisotopic (exact) mass is 239 g/mol. The number of primary amides is 1. The van der Waals surface area contributed by atoms with Gasteiger partial charge in [0.15, 0.2) is 0 Å². The van der Waals surface area contributed by atoms with E-state index in [1.807, 2.05) is 6.08 Å². The molecule has 1 amide bonds. The average Bonchev–Trinajstić information content (AvgIpc) is 2.25. The molecule has 0 radical (unpaired) electrons. The molecular weight excluding hydrogens is 210 g/mol. The van der Waals surface area contributed by atoms with Crippen LogP contribution in [0.25, 0.3) is 0 Å². The topological polar surface area (TPSA) is 43.1 Å². The molecule has 1 unspecified atom stereocenters. The smallest absolute Gasteiger partial charge is 0.220 e. The van der Waals surface area contributed by atoms with E-state index in [2.05, 4.69) is 20.4 Å². The lowest BCUT2D eigenvalue weighted by molar-refractivity contribution is -0.122. The summed E-state index contributed by atoms with van der Waals surface area (Å²) in [5.41, 5.74) is 5.42. The average molecular weight is 239 g/mol. The van der Waals surface area contributed by atoms with Crippen LogP contribution in [0.2, 0.25) is 0 Å². The highest BCUT2D eigenvalue weighted by atomic mass is 16.1. The third kappa shape index (κ3) is 10.1. The summed E-state index contributed by atoms with van der Waals surface area (Å²) in [6.07, 6.45) is 11.1. The molecular formula is C15H29NO. The van der Waals surface area contributed by atoms with E-state index in [-0.39, 0.29) is 11.8 Å². The molecule has 2 nitrogen and oxygen atoms in total. The molecule has 0 saturated heterocycles. The Kier molecular flexibility index (Phi) is 9.89. The quantitative estimate of drug-likeness (QED) is 0.429. The van der Waals surface area contributed by atoms with E-state index in [4.69, 9.17) is 5.73 Å². The zero-order valence-corrected chi connectivity index (χ0v) is 11.6. The van der Waals surface area contributed by atoms with E-state index >= 15 is 0 Å². The van der Waals surface area contributed by atoms with Gasteiger partial charge in [-0.2, -0.15) is 0 Å². The number of hydrogen-bond donors (Lipinski definition) is 1. The van der Waals surface area contributed by atoms with Crippen molar-refractivity contribution in [2.45, 2.75) is 65.2 Å². The van der Waals surface area contributed by atoms with Gasteiger partial charge in [0.1, 0.15) is 0 Å². The van der Waals surface area contributed by atoms with Crippen molar-refractivity contribution < 1.29 is 4.79 Å². The van der Waals surface area contributed by atoms with Gasteiger partial charge < -0.3 is 5.73 Å². The van der Waals surface area contributed by atoms with Gasteiger partial charge in [0.2, 0.25) is 5.91 Å². The fourth-order valence-corrected chi connectivity index (χ4v) is 2.16. The summed E-state index contributed by atoms with van der Waals surface area (Å²) in [7, 11) is 0. The van der Waals surface area contributed by atoms with Gasteiger partial charge in [0, 0.05) is 5.92 Å². The molecule has 0 aromatic carbocycles. The summed E-state index contributed by atoms with van der Waals surface area (Å²) in [5, 5.41) is 0. The first-order valence-electron chi connectivity index (χ1n) is 6.98. The van der Waals surface area contributed by atoms with E-state index in [0.29, 0.717) is 5.92 Å². The molecule has 1 atom stereocenters. The minimum absolute atomic E-state index is 0.0863. The molecule has 0 rings (SSSR count). The van der Waals surface area contributed by atoms with Crippen LogP contribution in [0, 0.1) is 11.8 Å². The van der Waals surface area contributed by atoms with Crippen LogP contribution < -0.4 is 5.73 Å². The summed E-state index contributed by atoms with van der Waals surface area (Å²) < 4.78 is 0. The molecule has 17 heavy (non-hydrogen) atoms. The molecule has 0 heterocycles. The number of amides is 1. The Morgan fingerprint density at radius 2 is 1.76 bits per heavy atom. The largest absolute Gasteiger partial charge is 0.369 e. The van der Waals surface area contributed by atoms with Gasteiger partial charge in [-0.05, 0) is 31.6 Å². The van der Waals surface area contributed by atoms with Gasteiger partial charge in [-0.1, -0.05) is 45.6 Å². The Morgan fingerprint density at radius 3 is 2.29 bits per heavy atom. The van der Waals surface area contributed by atoms with Gasteiger partial charge in [-0.15, -0.1) is 6.58 Å². The van der Waals surface area contributed by atoms with Crippen molar-refractivity contribution >= 4 is 5.91 Å². The Morgan fingerprint density at radius 1 is 1.18 bits per heavy atom. The molecule has 0 spiro atoms. The molecule has 0 aromatic rings. The van der Waals surface area contributed by atoms with Crippen LogP contribution >= 0.6 is 0 Å². The Balaban J connectivity index is 3.54. The highest BCUT2D eigenvalue weighted by Gasteiger charge is 2.15. The molecule has 100 valence electrons. The third-order valence-corrected chi connectivity index (χ3v) is 3.12. The van der Waals surface area contributed by atoms with Crippen molar-refractivity contribution in [3.8, 4) is 0 Å². The molecule has 0 aromatic heterocycles. The lowest BCUT2D eigenvalue weighted by atomic mass is 9.91. The molecule has 0 bridgehead atoms. The normalized spacial score (nSPS) is 12.6. The Bertz CT molecular complexity index is 211. The fraction of sp³-hybridized carbons (Fsp3) is 0.800. The van der Waals surface area contributed by atoms with Crippen LogP contribution in [-0.2, 0) is 4.79 Å². The maximum Gasteiger partial charge on any atom is 0.220 e. The fourth-order valence-electron chi connectivity index (χ4n) is 2.16. The minimum atomic E-state index is -0.120. The second kappa shape index (κ2) is 10.4. The number of unbranched alkanes of at least 4 members (excludes halogenated alkanes) is 5. The van der Waals surface area contributed by atoms with Crippen LogP contribution in [0.3, 0.4) is 0 Å². The van der Waals surface area contributed by atoms with Crippen LogP contribution in [0.1, 0.15) is 65.2 Å². The second-order valence-electron chi connectivity index (χ2n) is 5.36. The lowest BCUT2D eigenvalue weighted by Crippen LogP contribution is -2.24. The number of hydrogen-bond acceptors (Lipinski definition) is 1. The van der Waals surface area contributed by atoms with Crippen molar-refractivity contribution in [1.29, 1.82) is 0 Å². The van der Waals surface area contributed by atoms with Crippen molar-refractivity contribution in [2.24, 2.45) is 17.6 Å². The SMILES string of the molecule is C=CCCCCCCCC(CC(C)C)C(N)=O. The molecule has 0 aliphatic heterocycles. The first-order chi connectivity index (χ1) is 8.07. The first kappa shape index (κ1) is 16.2. The van der Waals surface area contributed by atoms with Gasteiger partial charge in [-0.3, -0.25) is 4.79 Å². The van der Waals surface area contributed by atoms with E-state index in [9.17, 15) is 4.79 Å². The van der Waals surface area contributed by atoms with Crippen molar-refractivity contribution in [3.63, 3.8) is 0 Å². The standard InChI is InChI=1S/C15H29NO/c1-4-5-6-7-8-9-10-11-14(15(16)17)12-13(2)3/h4,13-14H,1,5-12H2,2-3H3,(H2,16,17). The van der Waals surface area contributed by atoms with Gasteiger partial charge in [-0.25, -0.2) is 0 Å². The highest BCUT2D eigenvalue weighted by Crippen LogP contribution is 2.19. The summed E-state index contributed by atoms with van der Waals surface area (Å²) in [5.74, 6) is 0.522. The molecule has 2 N–H and O–H groups in total. The number of carbonyl (C=O) groups excluding carboxylic acids is 1. The number of allylic oxidation sites excluding steroid dienone is 1. The number of carbonyl (C=O) groups is 1. The lowest BCUT2D eigenvalue weighted by Gasteiger charge is -2.15. The van der Waals surface area contributed by atoms with E-state index in [1.54, 1.807) is 0 Å². The summed E-state index contributed by atoms with van der Waals surface area (Å²) in [6, 6.07) is 0. The summed E-state index contributed by atoms with van der Waals surface area (Å²) >= 11 is 0. The summed E-state index contributed by atoms with van der Waals surface area (Å²) in [4.78, 5) is 11.3. The Labute approximate surface area is 107 Å². The summed E-state index contributed by atoms with van der Waals surface area (Å²) in [6.45, 7) is 8.00. The van der Waals surface area contributed by atoms with Gasteiger partial charge in [0.05, 0.1) is 0 Å². The molecule has 0 aliphatic rings. The maximum absolute atomic E-state index is 11.3. The van der Waals surface area contributed by atoms with Crippen molar-refractivity contribution in [3.05, 3.63) is 12.7 Å². The van der Waals surface area contributed by atoms with E-state index in [0.717, 1.165) is 25.7 Å². The van der Waals surface area contributed by atoms with Gasteiger partial charge >= 0.3 is 0 Å². The number of nitrogens with two attached hydrogens (primary N) is 1. The van der Waals surface area contributed by atoms with E-state index in [1.165, 1.54) is 25.7 Å². The predicted octanol–water partition coefficient (Wildman–Crippen LogP) is 4.05. The Hall–Kier alpha value is -0.790. The van der Waals surface area contributed by atoms with Crippen molar-refractivity contribution in [2.75, 3.05) is 0 Å². The first-order valence-corrected chi connectivity index (χ1v) is 6.98. The maximum atomic E-state index is 11.3. The van der Waals surface area contributed by atoms with E-state index < -0.39 is 0 Å². The highest BCUT2D eigenvalue weighted by molar-refractivity contribution is 5.76. The zero-order chi connectivity index (χ0) is 13.1. The molecule has 0 fully saturated rings. The molecule has 0 aliphatic carbocycles.